The smallest absolute Gasteiger partial charge is 0.0640 e. The Morgan fingerprint density at radius 2 is 0.833 bits per heavy atom. The molecule has 1 heterocycles. The van der Waals surface area contributed by atoms with Crippen molar-refractivity contribution < 1.29 is 0 Å². The first kappa shape index (κ1) is 35.6. The molecule has 0 aliphatic heterocycles. The lowest BCUT2D eigenvalue weighted by Crippen LogP contribution is -2.10. The average molecular weight is 782 g/mol. The molecule has 0 spiro atoms. The van der Waals surface area contributed by atoms with Gasteiger partial charge < -0.3 is 4.90 Å². The van der Waals surface area contributed by atoms with E-state index in [1.54, 1.807) is 0 Å². The van der Waals surface area contributed by atoms with E-state index in [0.717, 1.165) is 17.1 Å². The Labute approximate surface area is 354 Å². The predicted octanol–water partition coefficient (Wildman–Crippen LogP) is 17.0. The second-order valence-corrected chi connectivity index (χ2v) is 16.3. The molecule has 1 aromatic heterocycles. The highest BCUT2D eigenvalue weighted by molar-refractivity contribution is 7.26. The third-order valence-electron chi connectivity index (χ3n) is 11.7. The zero-order chi connectivity index (χ0) is 39.8. The summed E-state index contributed by atoms with van der Waals surface area (Å²) in [6.45, 7) is 0. The molecule has 0 amide bonds. The van der Waals surface area contributed by atoms with Gasteiger partial charge in [-0.1, -0.05) is 194 Å². The van der Waals surface area contributed by atoms with Crippen molar-refractivity contribution in [1.29, 1.82) is 0 Å². The van der Waals surface area contributed by atoms with Gasteiger partial charge in [0.1, 0.15) is 0 Å². The van der Waals surface area contributed by atoms with Gasteiger partial charge in [0.25, 0.3) is 0 Å². The summed E-state index contributed by atoms with van der Waals surface area (Å²) in [7, 11) is 0. The van der Waals surface area contributed by atoms with E-state index in [0.29, 0.717) is 0 Å². The van der Waals surface area contributed by atoms with E-state index in [1.165, 1.54) is 86.6 Å². The van der Waals surface area contributed by atoms with Gasteiger partial charge in [0.05, 0.1) is 10.4 Å². The van der Waals surface area contributed by atoms with E-state index < -0.39 is 0 Å². The Morgan fingerprint density at radius 1 is 0.283 bits per heavy atom. The quantitative estimate of drug-likeness (QED) is 0.148. The van der Waals surface area contributed by atoms with Gasteiger partial charge in [0, 0.05) is 26.8 Å². The highest BCUT2D eigenvalue weighted by atomic mass is 32.1. The summed E-state index contributed by atoms with van der Waals surface area (Å²) in [5.41, 5.74) is 15.5. The van der Waals surface area contributed by atoms with Gasteiger partial charge in [-0.05, 0) is 109 Å². The van der Waals surface area contributed by atoms with E-state index in [1.807, 2.05) is 11.3 Å². The van der Waals surface area contributed by atoms with Crippen LogP contribution in [0.2, 0.25) is 0 Å². The zero-order valence-corrected chi connectivity index (χ0v) is 33.7. The summed E-state index contributed by atoms with van der Waals surface area (Å²) in [6, 6.07) is 86.1. The topological polar surface area (TPSA) is 3.24 Å². The van der Waals surface area contributed by atoms with Crippen molar-refractivity contribution in [1.82, 2.24) is 0 Å². The maximum Gasteiger partial charge on any atom is 0.0640 e. The molecule has 0 aliphatic rings. The molecule has 1 nitrogen and oxygen atoms in total. The lowest BCUT2D eigenvalue weighted by molar-refractivity contribution is 1.30. The second kappa shape index (κ2) is 15.3. The van der Waals surface area contributed by atoms with Crippen LogP contribution < -0.4 is 4.90 Å². The van der Waals surface area contributed by atoms with Crippen molar-refractivity contribution in [3.63, 3.8) is 0 Å². The Kier molecular flexibility index (Phi) is 9.11. The van der Waals surface area contributed by atoms with E-state index in [2.05, 4.69) is 241 Å². The Balaban J connectivity index is 1.08. The maximum absolute atomic E-state index is 2.45. The van der Waals surface area contributed by atoms with Crippen LogP contribution >= 0.6 is 11.3 Å². The van der Waals surface area contributed by atoms with Crippen LogP contribution in [0.5, 0.6) is 0 Å². The van der Waals surface area contributed by atoms with Crippen molar-refractivity contribution in [2.75, 3.05) is 4.90 Å². The minimum absolute atomic E-state index is 1.10. The predicted molar refractivity (Wildman–Crippen MR) is 259 cm³/mol. The summed E-state index contributed by atoms with van der Waals surface area (Å²) in [5, 5.41) is 5.02. The molecule has 0 fully saturated rings. The Bertz CT molecular complexity index is 3290. The van der Waals surface area contributed by atoms with E-state index >= 15 is 0 Å². The van der Waals surface area contributed by atoms with E-state index in [9.17, 15) is 0 Å². The highest BCUT2D eigenvalue weighted by Gasteiger charge is 2.20. The van der Waals surface area contributed by atoms with Crippen LogP contribution in [0.1, 0.15) is 0 Å². The largest absolute Gasteiger partial charge is 0.309 e. The van der Waals surface area contributed by atoms with Crippen LogP contribution in [0.15, 0.2) is 237 Å². The molecule has 0 N–H and O–H groups in total. The van der Waals surface area contributed by atoms with Crippen molar-refractivity contribution >= 4 is 59.3 Å². The molecule has 0 unspecified atom stereocenters. The fraction of sp³-hybridized carbons (Fsp3) is 0. The Morgan fingerprint density at radius 3 is 1.55 bits per heavy atom. The van der Waals surface area contributed by atoms with Gasteiger partial charge in [0.2, 0.25) is 0 Å². The van der Waals surface area contributed by atoms with Crippen LogP contribution in [0, 0.1) is 0 Å². The number of anilines is 3. The number of hydrogen-bond donors (Lipinski definition) is 0. The molecule has 0 saturated heterocycles. The molecule has 0 radical (unpaired) electrons. The van der Waals surface area contributed by atoms with Gasteiger partial charge >= 0.3 is 0 Å². The molecule has 2 heteroatoms. The molecule has 0 saturated carbocycles. The molecule has 11 rings (SSSR count). The van der Waals surface area contributed by atoms with Crippen LogP contribution in [-0.4, -0.2) is 0 Å². The lowest BCUT2D eigenvalue weighted by atomic mass is 9.94. The maximum atomic E-state index is 2.45. The van der Waals surface area contributed by atoms with Crippen molar-refractivity contribution in [2.45, 2.75) is 0 Å². The van der Waals surface area contributed by atoms with Crippen molar-refractivity contribution in [2.24, 2.45) is 0 Å². The van der Waals surface area contributed by atoms with Gasteiger partial charge in [-0.3, -0.25) is 0 Å². The van der Waals surface area contributed by atoms with Gasteiger partial charge in [0.15, 0.2) is 0 Å². The third-order valence-corrected chi connectivity index (χ3v) is 12.9. The monoisotopic (exact) mass is 781 g/mol. The van der Waals surface area contributed by atoms with Crippen LogP contribution in [0.3, 0.4) is 0 Å². The van der Waals surface area contributed by atoms with Crippen molar-refractivity contribution in [3.05, 3.63) is 237 Å². The number of fused-ring (bicyclic) bond motifs is 4. The summed E-state index contributed by atoms with van der Waals surface area (Å²) in [6.07, 6.45) is 0. The van der Waals surface area contributed by atoms with E-state index in [-0.39, 0.29) is 0 Å². The summed E-state index contributed by atoms with van der Waals surface area (Å²) >= 11 is 1.87. The first-order chi connectivity index (χ1) is 29.7. The first-order valence-corrected chi connectivity index (χ1v) is 21.3. The number of hydrogen-bond acceptors (Lipinski definition) is 2. The molecule has 11 aromatic rings. The first-order valence-electron chi connectivity index (χ1n) is 20.5. The molecule has 60 heavy (non-hydrogen) atoms. The molecular formula is C58H39NS. The van der Waals surface area contributed by atoms with Crippen LogP contribution in [-0.2, 0) is 0 Å². The van der Waals surface area contributed by atoms with Crippen LogP contribution in [0.4, 0.5) is 17.1 Å². The summed E-state index contributed by atoms with van der Waals surface area (Å²) < 4.78 is 2.55. The number of nitrogens with zero attached hydrogens (tertiary/aromatic N) is 1. The number of rotatable bonds is 8. The average Bonchev–Trinajstić information content (AvgIpc) is 3.71. The van der Waals surface area contributed by atoms with Crippen LogP contribution in [0.25, 0.3) is 86.6 Å². The SMILES string of the molecule is c1ccc(-c2ccc3c(c2)sc2c(N(c4ccc(-c5ccccc5-c5ccccc5)cc4)c4cccc(-c5cccc6ccc(-c7ccccc7)cc56)c4)cccc23)cc1. The number of benzene rings is 10. The minimum atomic E-state index is 1.10. The normalized spacial score (nSPS) is 11.3. The third kappa shape index (κ3) is 6.54. The second-order valence-electron chi connectivity index (χ2n) is 15.3. The molecule has 0 bridgehead atoms. The molecule has 0 aliphatic carbocycles. The fourth-order valence-electron chi connectivity index (χ4n) is 8.74. The van der Waals surface area contributed by atoms with Crippen molar-refractivity contribution in [3.8, 4) is 55.6 Å². The highest BCUT2D eigenvalue weighted by Crippen LogP contribution is 2.47. The van der Waals surface area contributed by atoms with E-state index in [4.69, 9.17) is 0 Å². The fourth-order valence-corrected chi connectivity index (χ4v) is 9.98. The molecule has 0 atom stereocenters. The number of thiophene rings is 1. The molecular weight excluding hydrogens is 743 g/mol. The molecule has 10 aromatic carbocycles. The summed E-state index contributed by atoms with van der Waals surface area (Å²) in [4.78, 5) is 2.45. The van der Waals surface area contributed by atoms with Gasteiger partial charge in [-0.15, -0.1) is 11.3 Å². The zero-order valence-electron chi connectivity index (χ0n) is 32.9. The van der Waals surface area contributed by atoms with Gasteiger partial charge in [-0.25, -0.2) is 0 Å². The Hall–Kier alpha value is -7.52. The standard InChI is InChI=1S/C58H39NS/c1-4-15-40(16-5-1)45-30-29-43-21-13-26-52(55(43)38-45)47-22-12-23-49(37-47)59(48-34-31-44(32-35-48)51-25-11-10-24-50(51)42-19-8-3-9-20-42)56-28-14-27-54-53-36-33-46(39-57(53)60-58(54)56)41-17-6-2-7-18-41/h1-39H. The van der Waals surface area contributed by atoms with Gasteiger partial charge in [-0.2, -0.15) is 0 Å². The lowest BCUT2D eigenvalue weighted by Gasteiger charge is -2.27. The minimum Gasteiger partial charge on any atom is -0.309 e. The summed E-state index contributed by atoms with van der Waals surface area (Å²) in [5.74, 6) is 0. The molecule has 282 valence electrons.